The van der Waals surface area contributed by atoms with Crippen LogP contribution >= 0.6 is 11.6 Å². The van der Waals surface area contributed by atoms with Gasteiger partial charge in [-0.15, -0.1) is 0 Å². The first-order valence-electron chi connectivity index (χ1n) is 9.97. The number of halogens is 1. The molecule has 2 aromatic heterocycles. The van der Waals surface area contributed by atoms with Gasteiger partial charge in [-0.1, -0.05) is 35.9 Å². The normalized spacial score (nSPS) is 11.0. The van der Waals surface area contributed by atoms with Crippen molar-refractivity contribution in [2.75, 3.05) is 7.11 Å². The van der Waals surface area contributed by atoms with Crippen LogP contribution in [0.4, 0.5) is 0 Å². The summed E-state index contributed by atoms with van der Waals surface area (Å²) < 4.78 is 13.2. The van der Waals surface area contributed by atoms with E-state index in [1.165, 1.54) is 7.11 Å². The number of methoxy groups -OCH3 is 1. The second-order valence-corrected chi connectivity index (χ2v) is 7.84. The van der Waals surface area contributed by atoms with Crippen LogP contribution in [-0.2, 0) is 17.9 Å². The van der Waals surface area contributed by atoms with Gasteiger partial charge in [0.2, 0.25) is 0 Å². The number of esters is 1. The third-order valence-corrected chi connectivity index (χ3v) is 5.74. The largest absolute Gasteiger partial charge is 0.487 e. The summed E-state index contributed by atoms with van der Waals surface area (Å²) in [5.74, 6) is 0.439. The Morgan fingerprint density at radius 1 is 1.00 bits per heavy atom. The lowest BCUT2D eigenvalue weighted by atomic mass is 10.1. The molecular weight excluding hydrogens is 412 g/mol. The van der Waals surface area contributed by atoms with Crippen molar-refractivity contribution in [3.63, 3.8) is 0 Å². The highest BCUT2D eigenvalue weighted by atomic mass is 35.5. The van der Waals surface area contributed by atoms with E-state index in [4.69, 9.17) is 21.1 Å². The molecule has 0 N–H and O–H groups in total. The number of benzene rings is 2. The molecule has 0 amide bonds. The summed E-state index contributed by atoms with van der Waals surface area (Å²) in [6, 6.07) is 17.0. The van der Waals surface area contributed by atoms with Crippen molar-refractivity contribution in [3.8, 4) is 5.75 Å². The highest BCUT2D eigenvalue weighted by molar-refractivity contribution is 6.30. The van der Waals surface area contributed by atoms with E-state index in [9.17, 15) is 4.79 Å². The maximum atomic E-state index is 11.7. The topological polar surface area (TPSA) is 53.4 Å². The monoisotopic (exact) mass is 434 g/mol. The van der Waals surface area contributed by atoms with Crippen molar-refractivity contribution in [1.29, 1.82) is 0 Å². The first-order valence-corrected chi connectivity index (χ1v) is 10.3. The number of pyridine rings is 1. The van der Waals surface area contributed by atoms with Crippen LogP contribution in [-0.4, -0.2) is 22.6 Å². The number of carbonyl (C=O) groups is 1. The molecule has 0 aliphatic heterocycles. The van der Waals surface area contributed by atoms with E-state index in [-0.39, 0.29) is 5.97 Å². The van der Waals surface area contributed by atoms with Gasteiger partial charge >= 0.3 is 5.97 Å². The molecule has 2 aromatic carbocycles. The fourth-order valence-corrected chi connectivity index (χ4v) is 3.74. The summed E-state index contributed by atoms with van der Waals surface area (Å²) >= 11 is 5.98. The number of rotatable bonds is 6. The molecule has 2 heterocycles. The summed E-state index contributed by atoms with van der Waals surface area (Å²) in [7, 11) is 1.38. The van der Waals surface area contributed by atoms with E-state index in [1.807, 2.05) is 42.5 Å². The van der Waals surface area contributed by atoms with Gasteiger partial charge in [-0.25, -0.2) is 4.79 Å². The van der Waals surface area contributed by atoms with Gasteiger partial charge in [0, 0.05) is 29.5 Å². The van der Waals surface area contributed by atoms with Gasteiger partial charge in [0.15, 0.2) is 0 Å². The van der Waals surface area contributed by atoms with E-state index in [0.29, 0.717) is 23.7 Å². The summed E-state index contributed by atoms with van der Waals surface area (Å²) in [5, 5.41) is 0.702. The predicted octanol–water partition coefficient (Wildman–Crippen LogP) is 5.72. The van der Waals surface area contributed by atoms with Crippen LogP contribution in [0, 0.1) is 13.8 Å². The SMILES string of the molecule is COC(=O)c1ccc(Cn2c(C)c(C)c3nccc(OCc4ccc(Cl)cc4)c32)cc1. The Balaban J connectivity index is 1.67. The number of hydrogen-bond acceptors (Lipinski definition) is 4. The Labute approximate surface area is 186 Å². The van der Waals surface area contributed by atoms with E-state index in [1.54, 1.807) is 18.3 Å². The number of aromatic nitrogens is 2. The molecule has 0 radical (unpaired) electrons. The molecular formula is C25H23ClN2O3. The van der Waals surface area contributed by atoms with Gasteiger partial charge in [0.1, 0.15) is 17.9 Å². The summed E-state index contributed by atoms with van der Waals surface area (Å²) in [4.78, 5) is 16.3. The lowest BCUT2D eigenvalue weighted by molar-refractivity contribution is 0.0600. The molecule has 6 heteroatoms. The molecule has 4 aromatic rings. The summed E-state index contributed by atoms with van der Waals surface area (Å²) in [6.07, 6.45) is 1.78. The predicted molar refractivity (Wildman–Crippen MR) is 122 cm³/mol. The molecule has 4 rings (SSSR count). The number of fused-ring (bicyclic) bond motifs is 1. The second-order valence-electron chi connectivity index (χ2n) is 7.41. The first kappa shape index (κ1) is 20.9. The van der Waals surface area contributed by atoms with Crippen LogP contribution in [0.15, 0.2) is 60.8 Å². The van der Waals surface area contributed by atoms with Crippen LogP contribution in [0.3, 0.4) is 0 Å². The molecule has 0 aliphatic carbocycles. The van der Waals surface area contributed by atoms with Gasteiger partial charge in [0.25, 0.3) is 0 Å². The van der Waals surface area contributed by atoms with Crippen LogP contribution < -0.4 is 4.74 Å². The summed E-state index contributed by atoms with van der Waals surface area (Å²) in [6.45, 7) is 5.24. The van der Waals surface area contributed by atoms with Crippen molar-refractivity contribution in [1.82, 2.24) is 9.55 Å². The first-order chi connectivity index (χ1) is 15.0. The minimum absolute atomic E-state index is 0.341. The average molecular weight is 435 g/mol. The average Bonchev–Trinajstić information content (AvgIpc) is 3.04. The third kappa shape index (κ3) is 4.28. The number of hydrogen-bond donors (Lipinski definition) is 0. The standard InChI is InChI=1S/C25H23ClN2O3/c1-16-17(2)28(14-18-4-8-20(9-5-18)25(29)30-3)24-22(12-13-27-23(16)24)31-15-19-6-10-21(26)11-7-19/h4-13H,14-15H2,1-3H3. The van der Waals surface area contributed by atoms with Crippen molar-refractivity contribution < 1.29 is 14.3 Å². The third-order valence-electron chi connectivity index (χ3n) is 5.48. The van der Waals surface area contributed by atoms with Gasteiger partial charge in [-0.3, -0.25) is 4.98 Å². The zero-order chi connectivity index (χ0) is 22.0. The van der Waals surface area contributed by atoms with Crippen molar-refractivity contribution in [2.45, 2.75) is 27.0 Å². The van der Waals surface area contributed by atoms with Crippen LogP contribution in [0.2, 0.25) is 5.02 Å². The second kappa shape index (κ2) is 8.82. The van der Waals surface area contributed by atoms with Crippen molar-refractivity contribution >= 4 is 28.6 Å². The fraction of sp³-hybridized carbons (Fsp3) is 0.200. The fourth-order valence-electron chi connectivity index (χ4n) is 3.62. The molecule has 0 atom stereocenters. The molecule has 0 saturated heterocycles. The molecule has 158 valence electrons. The Morgan fingerprint density at radius 3 is 2.35 bits per heavy atom. The highest BCUT2D eigenvalue weighted by Crippen LogP contribution is 2.32. The van der Waals surface area contributed by atoms with Gasteiger partial charge < -0.3 is 14.0 Å². The Morgan fingerprint density at radius 2 is 1.68 bits per heavy atom. The van der Waals surface area contributed by atoms with Gasteiger partial charge in [0.05, 0.1) is 18.2 Å². The lowest BCUT2D eigenvalue weighted by Gasteiger charge is -2.13. The van der Waals surface area contributed by atoms with Crippen molar-refractivity contribution in [3.05, 3.63) is 93.8 Å². The molecule has 31 heavy (non-hydrogen) atoms. The van der Waals surface area contributed by atoms with Crippen LogP contribution in [0.25, 0.3) is 11.0 Å². The Hall–Kier alpha value is -3.31. The molecule has 0 saturated carbocycles. The molecule has 5 nitrogen and oxygen atoms in total. The smallest absolute Gasteiger partial charge is 0.337 e. The van der Waals surface area contributed by atoms with Gasteiger partial charge in [-0.05, 0) is 54.8 Å². The van der Waals surface area contributed by atoms with E-state index in [0.717, 1.165) is 39.2 Å². The van der Waals surface area contributed by atoms with Crippen LogP contribution in [0.5, 0.6) is 5.75 Å². The molecule has 0 unspecified atom stereocenters. The zero-order valence-electron chi connectivity index (χ0n) is 17.7. The quantitative estimate of drug-likeness (QED) is 0.364. The van der Waals surface area contributed by atoms with Crippen LogP contribution in [0.1, 0.15) is 32.7 Å². The number of aryl methyl sites for hydroxylation is 1. The zero-order valence-corrected chi connectivity index (χ0v) is 18.4. The van der Waals surface area contributed by atoms with Gasteiger partial charge in [-0.2, -0.15) is 0 Å². The maximum absolute atomic E-state index is 11.7. The molecule has 0 aliphatic rings. The molecule has 0 fully saturated rings. The number of ether oxygens (including phenoxy) is 2. The lowest BCUT2D eigenvalue weighted by Crippen LogP contribution is -2.05. The maximum Gasteiger partial charge on any atom is 0.337 e. The van der Waals surface area contributed by atoms with E-state index >= 15 is 0 Å². The van der Waals surface area contributed by atoms with E-state index < -0.39 is 0 Å². The number of carbonyl (C=O) groups excluding carboxylic acids is 1. The number of nitrogens with zero attached hydrogens (tertiary/aromatic N) is 2. The Kier molecular flexibility index (Phi) is 5.96. The summed E-state index contributed by atoms with van der Waals surface area (Å²) in [5.41, 5.74) is 6.78. The Bertz CT molecular complexity index is 1230. The van der Waals surface area contributed by atoms with Crippen molar-refractivity contribution in [2.24, 2.45) is 0 Å². The highest BCUT2D eigenvalue weighted by Gasteiger charge is 2.17. The molecule has 0 bridgehead atoms. The minimum Gasteiger partial charge on any atom is -0.487 e. The minimum atomic E-state index is -0.341. The van der Waals surface area contributed by atoms with E-state index in [2.05, 4.69) is 23.4 Å². The molecule has 0 spiro atoms.